The molecule has 0 radical (unpaired) electrons. The van der Waals surface area contributed by atoms with Crippen LogP contribution in [0.15, 0.2) is 24.3 Å². The number of ether oxygens (including phenoxy) is 1. The van der Waals surface area contributed by atoms with Crippen LogP contribution in [0, 0.1) is 11.3 Å². The summed E-state index contributed by atoms with van der Waals surface area (Å²) < 4.78 is 5.07. The second-order valence-corrected chi connectivity index (χ2v) is 4.65. The maximum atomic E-state index is 12.4. The molecule has 1 aliphatic rings. The number of carbonyl (C=O) groups is 2. The lowest BCUT2D eigenvalue weighted by molar-refractivity contribution is -0.131. The second-order valence-electron chi connectivity index (χ2n) is 4.65. The number of nitrogens with zero attached hydrogens (tertiary/aromatic N) is 2. The zero-order chi connectivity index (χ0) is 14.8. The van der Waals surface area contributed by atoms with Crippen molar-refractivity contribution in [3.8, 4) is 11.8 Å². The molecule has 6 heteroatoms. The van der Waals surface area contributed by atoms with Gasteiger partial charge in [0.05, 0.1) is 19.6 Å². The number of hydrogen-bond donors (Lipinski definition) is 1. The highest BCUT2D eigenvalue weighted by Crippen LogP contribution is 2.29. The van der Waals surface area contributed by atoms with Gasteiger partial charge in [0.15, 0.2) is 0 Å². The molecule has 2 rings (SSSR count). The number of methoxy groups -OCH3 is 1. The number of nitrogens with one attached hydrogen (secondary N) is 1. The van der Waals surface area contributed by atoms with Gasteiger partial charge in [-0.05, 0) is 24.6 Å². The third kappa shape index (κ3) is 2.18. The Morgan fingerprint density at radius 2 is 2.00 bits per heavy atom. The monoisotopic (exact) mass is 273 g/mol. The molecule has 1 aromatic carbocycles. The number of urea groups is 1. The molecule has 0 aromatic heterocycles. The average Bonchev–Trinajstić information content (AvgIpc) is 2.68. The van der Waals surface area contributed by atoms with Crippen LogP contribution in [-0.2, 0) is 10.3 Å². The first-order valence-corrected chi connectivity index (χ1v) is 6.18. The molecule has 1 atom stereocenters. The Kier molecular flexibility index (Phi) is 3.61. The van der Waals surface area contributed by atoms with E-state index < -0.39 is 11.6 Å². The van der Waals surface area contributed by atoms with Gasteiger partial charge in [0, 0.05) is 6.54 Å². The van der Waals surface area contributed by atoms with Gasteiger partial charge < -0.3 is 10.1 Å². The molecule has 0 spiro atoms. The van der Waals surface area contributed by atoms with Crippen LogP contribution in [-0.4, -0.2) is 30.5 Å². The third-order valence-electron chi connectivity index (χ3n) is 3.39. The van der Waals surface area contributed by atoms with Crippen molar-refractivity contribution in [2.45, 2.75) is 18.9 Å². The molecule has 6 nitrogen and oxygen atoms in total. The van der Waals surface area contributed by atoms with Gasteiger partial charge in [0.25, 0.3) is 5.91 Å². The predicted octanol–water partition coefficient (Wildman–Crippen LogP) is 1.38. The summed E-state index contributed by atoms with van der Waals surface area (Å²) in [6.45, 7) is 1.76. The highest BCUT2D eigenvalue weighted by atomic mass is 16.5. The minimum atomic E-state index is -1.10. The average molecular weight is 273 g/mol. The predicted molar refractivity (Wildman–Crippen MR) is 70.8 cm³/mol. The lowest BCUT2D eigenvalue weighted by Crippen LogP contribution is -2.40. The van der Waals surface area contributed by atoms with Gasteiger partial charge in [-0.15, -0.1) is 0 Å². The van der Waals surface area contributed by atoms with E-state index in [0.29, 0.717) is 11.3 Å². The van der Waals surface area contributed by atoms with Crippen LogP contribution in [0.4, 0.5) is 4.79 Å². The topological polar surface area (TPSA) is 82.4 Å². The number of nitriles is 1. The van der Waals surface area contributed by atoms with Crippen LogP contribution in [0.2, 0.25) is 0 Å². The summed E-state index contributed by atoms with van der Waals surface area (Å²) in [4.78, 5) is 25.3. The Labute approximate surface area is 116 Å². The van der Waals surface area contributed by atoms with Crippen LogP contribution in [0.5, 0.6) is 5.75 Å². The van der Waals surface area contributed by atoms with Crippen molar-refractivity contribution in [3.63, 3.8) is 0 Å². The number of amides is 3. The van der Waals surface area contributed by atoms with Crippen molar-refractivity contribution in [1.82, 2.24) is 10.2 Å². The van der Waals surface area contributed by atoms with Crippen LogP contribution < -0.4 is 10.1 Å². The van der Waals surface area contributed by atoms with E-state index in [4.69, 9.17) is 10.00 Å². The fourth-order valence-electron chi connectivity index (χ4n) is 2.18. The summed E-state index contributed by atoms with van der Waals surface area (Å²) in [5.74, 6) is 0.332. The minimum Gasteiger partial charge on any atom is -0.497 e. The van der Waals surface area contributed by atoms with Gasteiger partial charge in [-0.1, -0.05) is 12.1 Å². The summed E-state index contributed by atoms with van der Waals surface area (Å²) >= 11 is 0. The van der Waals surface area contributed by atoms with E-state index in [-0.39, 0.29) is 18.9 Å². The van der Waals surface area contributed by atoms with E-state index in [9.17, 15) is 9.59 Å². The third-order valence-corrected chi connectivity index (χ3v) is 3.39. The molecule has 0 bridgehead atoms. The molecule has 1 fully saturated rings. The van der Waals surface area contributed by atoms with Gasteiger partial charge in [-0.2, -0.15) is 5.26 Å². The van der Waals surface area contributed by atoms with E-state index >= 15 is 0 Å². The quantitative estimate of drug-likeness (QED) is 0.840. The van der Waals surface area contributed by atoms with Crippen molar-refractivity contribution in [3.05, 3.63) is 29.8 Å². The van der Waals surface area contributed by atoms with Crippen LogP contribution in [0.25, 0.3) is 0 Å². The van der Waals surface area contributed by atoms with Crippen molar-refractivity contribution >= 4 is 11.9 Å². The Hall–Kier alpha value is -2.55. The summed E-state index contributed by atoms with van der Waals surface area (Å²) in [5.41, 5.74) is -0.421. The van der Waals surface area contributed by atoms with Crippen LogP contribution >= 0.6 is 0 Å². The molecule has 0 unspecified atom stereocenters. The number of imide groups is 1. The zero-order valence-corrected chi connectivity index (χ0v) is 11.3. The van der Waals surface area contributed by atoms with E-state index in [2.05, 4.69) is 5.32 Å². The first-order valence-electron chi connectivity index (χ1n) is 6.18. The Balaban J connectivity index is 2.28. The smallest absolute Gasteiger partial charge is 0.325 e. The normalized spacial score (nSPS) is 21.6. The Bertz CT molecular complexity index is 576. The highest BCUT2D eigenvalue weighted by molar-refractivity contribution is 6.07. The van der Waals surface area contributed by atoms with Crippen molar-refractivity contribution in [1.29, 1.82) is 5.26 Å². The van der Waals surface area contributed by atoms with Crippen LogP contribution in [0.3, 0.4) is 0 Å². The van der Waals surface area contributed by atoms with Crippen LogP contribution in [0.1, 0.15) is 18.9 Å². The molecule has 104 valence electrons. The minimum absolute atomic E-state index is 0.104. The SMILES string of the molecule is COc1ccc([C@@]2(C)NC(=O)N(CCC#N)C2=O)cc1. The maximum absolute atomic E-state index is 12.4. The standard InChI is InChI=1S/C14H15N3O3/c1-14(10-4-6-11(20-2)7-5-10)12(18)17(9-3-8-15)13(19)16-14/h4-7H,3,9H2,1-2H3,(H,16,19)/t14-/m1/s1. The van der Waals surface area contributed by atoms with Gasteiger partial charge >= 0.3 is 6.03 Å². The molecule has 1 N–H and O–H groups in total. The molecular formula is C14H15N3O3. The number of rotatable bonds is 4. The molecule has 0 aliphatic carbocycles. The van der Waals surface area contributed by atoms with E-state index in [1.807, 2.05) is 6.07 Å². The maximum Gasteiger partial charge on any atom is 0.325 e. The molecular weight excluding hydrogens is 258 g/mol. The first kappa shape index (κ1) is 13.9. The molecule has 3 amide bonds. The fraction of sp³-hybridized carbons (Fsp3) is 0.357. The summed E-state index contributed by atoms with van der Waals surface area (Å²) in [6, 6.07) is 8.41. The van der Waals surface area contributed by atoms with Crippen molar-refractivity contribution < 1.29 is 14.3 Å². The molecule has 1 aromatic rings. The zero-order valence-electron chi connectivity index (χ0n) is 11.3. The summed E-state index contributed by atoms with van der Waals surface area (Å²) in [7, 11) is 1.56. The van der Waals surface area contributed by atoms with Crippen molar-refractivity contribution in [2.75, 3.05) is 13.7 Å². The van der Waals surface area contributed by atoms with E-state index in [1.54, 1.807) is 38.3 Å². The van der Waals surface area contributed by atoms with Gasteiger partial charge in [0.2, 0.25) is 0 Å². The lowest BCUT2D eigenvalue weighted by Gasteiger charge is -2.22. The second kappa shape index (κ2) is 5.21. The fourth-order valence-corrected chi connectivity index (χ4v) is 2.18. The van der Waals surface area contributed by atoms with Gasteiger partial charge in [-0.3, -0.25) is 9.69 Å². The largest absolute Gasteiger partial charge is 0.497 e. The van der Waals surface area contributed by atoms with E-state index in [1.165, 1.54) is 0 Å². The number of benzene rings is 1. The molecule has 1 aliphatic heterocycles. The first-order chi connectivity index (χ1) is 9.52. The highest BCUT2D eigenvalue weighted by Gasteiger charge is 2.48. The molecule has 0 saturated carbocycles. The number of carbonyl (C=O) groups excluding carboxylic acids is 2. The summed E-state index contributed by atoms with van der Waals surface area (Å²) in [5, 5.41) is 11.3. The summed E-state index contributed by atoms with van der Waals surface area (Å²) in [6.07, 6.45) is 0.123. The lowest BCUT2D eigenvalue weighted by atomic mass is 9.92. The molecule has 1 heterocycles. The van der Waals surface area contributed by atoms with Crippen molar-refractivity contribution in [2.24, 2.45) is 0 Å². The van der Waals surface area contributed by atoms with Gasteiger partial charge in [0.1, 0.15) is 11.3 Å². The molecule has 20 heavy (non-hydrogen) atoms. The molecule has 1 saturated heterocycles. The van der Waals surface area contributed by atoms with Gasteiger partial charge in [-0.25, -0.2) is 4.79 Å². The Morgan fingerprint density at radius 3 is 2.55 bits per heavy atom. The Morgan fingerprint density at radius 1 is 1.35 bits per heavy atom. The number of hydrogen-bond acceptors (Lipinski definition) is 4. The van der Waals surface area contributed by atoms with E-state index in [0.717, 1.165) is 4.90 Å².